The number of nitrogens with one attached hydrogen (secondary N) is 1. The molecule has 0 atom stereocenters. The molecule has 0 unspecified atom stereocenters. The first-order chi connectivity index (χ1) is 9.04. The van der Waals surface area contributed by atoms with Gasteiger partial charge in [-0.3, -0.25) is 9.69 Å². The van der Waals surface area contributed by atoms with E-state index in [4.69, 9.17) is 17.3 Å². The topological polar surface area (TPSA) is 78.6 Å². The van der Waals surface area contributed by atoms with Gasteiger partial charge < -0.3 is 16.2 Å². The van der Waals surface area contributed by atoms with Crippen LogP contribution in [0.1, 0.15) is 12.8 Å². The van der Waals surface area contributed by atoms with Crippen LogP contribution in [-0.4, -0.2) is 41.7 Å². The van der Waals surface area contributed by atoms with E-state index >= 15 is 0 Å². The van der Waals surface area contributed by atoms with Crippen LogP contribution in [0.25, 0.3) is 0 Å². The lowest BCUT2D eigenvalue weighted by molar-refractivity contribution is -0.117. The van der Waals surface area contributed by atoms with Crippen molar-refractivity contribution in [3.05, 3.63) is 23.2 Å². The Labute approximate surface area is 117 Å². The summed E-state index contributed by atoms with van der Waals surface area (Å²) in [6.07, 6.45) is 1.20. The Hall–Kier alpha value is -1.30. The Morgan fingerprint density at radius 2 is 2.16 bits per heavy atom. The standard InChI is InChI=1S/C13H18ClN3O2/c14-9-1-2-11(15)12(7-9)16-13(19)8-17-5-3-10(18)4-6-17/h1-2,7,10,18H,3-6,8,15H2,(H,16,19). The molecule has 1 heterocycles. The molecule has 6 heteroatoms. The van der Waals surface area contributed by atoms with E-state index in [0.717, 1.165) is 13.1 Å². The first kappa shape index (κ1) is 14.1. The summed E-state index contributed by atoms with van der Waals surface area (Å²) in [4.78, 5) is 13.9. The minimum absolute atomic E-state index is 0.120. The molecule has 1 fully saturated rings. The van der Waals surface area contributed by atoms with Gasteiger partial charge >= 0.3 is 0 Å². The normalized spacial score (nSPS) is 17.4. The number of nitrogens with zero attached hydrogens (tertiary/aromatic N) is 1. The maximum Gasteiger partial charge on any atom is 0.238 e. The van der Waals surface area contributed by atoms with Crippen molar-refractivity contribution in [3.8, 4) is 0 Å². The van der Waals surface area contributed by atoms with Gasteiger partial charge in [-0.15, -0.1) is 0 Å². The molecule has 2 rings (SSSR count). The number of carbonyl (C=O) groups excluding carboxylic acids is 1. The van der Waals surface area contributed by atoms with Gasteiger partial charge in [0, 0.05) is 18.1 Å². The summed E-state index contributed by atoms with van der Waals surface area (Å²) >= 11 is 5.86. The van der Waals surface area contributed by atoms with Gasteiger partial charge in [0.2, 0.25) is 5.91 Å². The highest BCUT2D eigenvalue weighted by Gasteiger charge is 2.19. The molecule has 1 aromatic rings. The van der Waals surface area contributed by atoms with Crippen LogP contribution in [0.2, 0.25) is 5.02 Å². The largest absolute Gasteiger partial charge is 0.397 e. The number of hydrogen-bond acceptors (Lipinski definition) is 4. The monoisotopic (exact) mass is 283 g/mol. The molecular weight excluding hydrogens is 266 g/mol. The summed E-state index contributed by atoms with van der Waals surface area (Å²) in [5.74, 6) is -0.120. The van der Waals surface area contributed by atoms with Crippen molar-refractivity contribution in [2.24, 2.45) is 0 Å². The van der Waals surface area contributed by atoms with Crippen molar-refractivity contribution in [2.45, 2.75) is 18.9 Å². The first-order valence-electron chi connectivity index (χ1n) is 6.30. The van der Waals surface area contributed by atoms with Gasteiger partial charge in [0.25, 0.3) is 0 Å². The quantitative estimate of drug-likeness (QED) is 0.731. The van der Waals surface area contributed by atoms with Crippen LogP contribution in [0, 0.1) is 0 Å². The van der Waals surface area contributed by atoms with Crippen LogP contribution in [0.3, 0.4) is 0 Å². The number of piperidine rings is 1. The minimum atomic E-state index is -0.233. The van der Waals surface area contributed by atoms with E-state index in [1.165, 1.54) is 0 Å². The Balaban J connectivity index is 1.89. The van der Waals surface area contributed by atoms with Crippen molar-refractivity contribution in [1.82, 2.24) is 4.90 Å². The summed E-state index contributed by atoms with van der Waals surface area (Å²) in [6, 6.07) is 4.97. The third kappa shape index (κ3) is 4.09. The lowest BCUT2D eigenvalue weighted by Gasteiger charge is -2.28. The van der Waals surface area contributed by atoms with Gasteiger partial charge in [0.05, 0.1) is 24.0 Å². The van der Waals surface area contributed by atoms with Crippen molar-refractivity contribution in [1.29, 1.82) is 0 Å². The highest BCUT2D eigenvalue weighted by atomic mass is 35.5. The maximum absolute atomic E-state index is 11.9. The molecule has 0 aromatic heterocycles. The van der Waals surface area contributed by atoms with Gasteiger partial charge in [-0.2, -0.15) is 0 Å². The number of amides is 1. The van der Waals surface area contributed by atoms with E-state index in [2.05, 4.69) is 5.32 Å². The number of aliphatic hydroxyl groups is 1. The van der Waals surface area contributed by atoms with Gasteiger partial charge in [-0.05, 0) is 31.0 Å². The highest BCUT2D eigenvalue weighted by Crippen LogP contribution is 2.22. The van der Waals surface area contributed by atoms with Crippen LogP contribution >= 0.6 is 11.6 Å². The smallest absolute Gasteiger partial charge is 0.238 e. The predicted molar refractivity (Wildman–Crippen MR) is 76.2 cm³/mol. The van der Waals surface area contributed by atoms with Crippen LogP contribution in [0.15, 0.2) is 18.2 Å². The van der Waals surface area contributed by atoms with Crippen LogP contribution < -0.4 is 11.1 Å². The third-order valence-electron chi connectivity index (χ3n) is 3.21. The summed E-state index contributed by atoms with van der Waals surface area (Å²) in [5.41, 5.74) is 6.80. The average molecular weight is 284 g/mol. The Morgan fingerprint density at radius 3 is 2.84 bits per heavy atom. The number of nitrogen functional groups attached to an aromatic ring is 1. The fourth-order valence-electron chi connectivity index (χ4n) is 2.11. The molecule has 1 aliphatic rings. The summed E-state index contributed by atoms with van der Waals surface area (Å²) in [5, 5.41) is 12.7. The van der Waals surface area contributed by atoms with E-state index in [9.17, 15) is 9.90 Å². The van der Waals surface area contributed by atoms with Crippen molar-refractivity contribution < 1.29 is 9.90 Å². The summed E-state index contributed by atoms with van der Waals surface area (Å²) in [6.45, 7) is 1.78. The summed E-state index contributed by atoms with van der Waals surface area (Å²) in [7, 11) is 0. The number of anilines is 2. The average Bonchev–Trinajstić information content (AvgIpc) is 2.37. The zero-order valence-corrected chi connectivity index (χ0v) is 11.4. The zero-order chi connectivity index (χ0) is 13.8. The first-order valence-corrected chi connectivity index (χ1v) is 6.67. The fraction of sp³-hybridized carbons (Fsp3) is 0.462. The highest BCUT2D eigenvalue weighted by molar-refractivity contribution is 6.31. The lowest BCUT2D eigenvalue weighted by Crippen LogP contribution is -2.40. The van der Waals surface area contributed by atoms with Crippen LogP contribution in [0.5, 0.6) is 0 Å². The SMILES string of the molecule is Nc1ccc(Cl)cc1NC(=O)CN1CCC(O)CC1. The Kier molecular flexibility index (Phi) is 4.63. The summed E-state index contributed by atoms with van der Waals surface area (Å²) < 4.78 is 0. The number of aliphatic hydroxyl groups excluding tert-OH is 1. The Bertz CT molecular complexity index is 459. The number of nitrogens with two attached hydrogens (primary N) is 1. The lowest BCUT2D eigenvalue weighted by atomic mass is 10.1. The Morgan fingerprint density at radius 1 is 1.47 bits per heavy atom. The van der Waals surface area contributed by atoms with Gasteiger partial charge in [0.15, 0.2) is 0 Å². The van der Waals surface area contributed by atoms with E-state index in [0.29, 0.717) is 35.8 Å². The molecule has 0 spiro atoms. The van der Waals surface area contributed by atoms with Crippen molar-refractivity contribution in [3.63, 3.8) is 0 Å². The predicted octanol–water partition coefficient (Wildman–Crippen LogP) is 1.32. The van der Waals surface area contributed by atoms with E-state index in [-0.39, 0.29) is 12.0 Å². The van der Waals surface area contributed by atoms with Crippen molar-refractivity contribution in [2.75, 3.05) is 30.7 Å². The number of halogens is 1. The number of benzene rings is 1. The molecule has 5 nitrogen and oxygen atoms in total. The number of likely N-dealkylation sites (tertiary alicyclic amines) is 1. The molecule has 4 N–H and O–H groups in total. The van der Waals surface area contributed by atoms with E-state index < -0.39 is 0 Å². The molecule has 0 radical (unpaired) electrons. The van der Waals surface area contributed by atoms with Crippen LogP contribution in [-0.2, 0) is 4.79 Å². The van der Waals surface area contributed by atoms with Crippen molar-refractivity contribution >= 4 is 28.9 Å². The second kappa shape index (κ2) is 6.23. The molecule has 0 bridgehead atoms. The minimum Gasteiger partial charge on any atom is -0.397 e. The molecule has 0 aliphatic carbocycles. The fourth-order valence-corrected chi connectivity index (χ4v) is 2.28. The van der Waals surface area contributed by atoms with Crippen LogP contribution in [0.4, 0.5) is 11.4 Å². The van der Waals surface area contributed by atoms with Gasteiger partial charge in [-0.1, -0.05) is 11.6 Å². The zero-order valence-electron chi connectivity index (χ0n) is 10.6. The van der Waals surface area contributed by atoms with E-state index in [1.807, 2.05) is 4.90 Å². The molecule has 104 valence electrons. The molecular formula is C13H18ClN3O2. The maximum atomic E-state index is 11.9. The molecule has 1 aliphatic heterocycles. The third-order valence-corrected chi connectivity index (χ3v) is 3.45. The molecule has 1 saturated heterocycles. The number of rotatable bonds is 3. The molecule has 1 amide bonds. The molecule has 0 saturated carbocycles. The number of carbonyl (C=O) groups is 1. The van der Waals surface area contributed by atoms with E-state index in [1.54, 1.807) is 18.2 Å². The molecule has 19 heavy (non-hydrogen) atoms. The second-order valence-corrected chi connectivity index (χ2v) is 5.22. The van der Waals surface area contributed by atoms with Gasteiger partial charge in [0.1, 0.15) is 0 Å². The van der Waals surface area contributed by atoms with Gasteiger partial charge in [-0.25, -0.2) is 0 Å². The number of hydrogen-bond donors (Lipinski definition) is 3. The molecule has 1 aromatic carbocycles. The second-order valence-electron chi connectivity index (χ2n) is 4.79.